The standard InChI is InChI=1S/C11H12FN3O5/c1-2-13-11(17)14-10(16)6-20-9-4-3-7(15(18)19)5-8(9)12/h3-5H,2,6H2,1H3,(H2,13,14,16,17). The van der Waals surface area contributed by atoms with E-state index in [-0.39, 0.29) is 5.75 Å². The number of urea groups is 1. The van der Waals surface area contributed by atoms with Gasteiger partial charge in [0.25, 0.3) is 11.6 Å². The van der Waals surface area contributed by atoms with Gasteiger partial charge in [-0.1, -0.05) is 0 Å². The van der Waals surface area contributed by atoms with Gasteiger partial charge in [-0.3, -0.25) is 20.2 Å². The fourth-order valence-electron chi connectivity index (χ4n) is 1.23. The highest BCUT2D eigenvalue weighted by Gasteiger charge is 2.13. The van der Waals surface area contributed by atoms with Crippen molar-refractivity contribution in [1.29, 1.82) is 0 Å². The summed E-state index contributed by atoms with van der Waals surface area (Å²) in [7, 11) is 0. The number of carbonyl (C=O) groups is 2. The number of halogens is 1. The number of nitro groups is 1. The Morgan fingerprint density at radius 3 is 2.70 bits per heavy atom. The summed E-state index contributed by atoms with van der Waals surface area (Å²) in [4.78, 5) is 31.9. The zero-order valence-corrected chi connectivity index (χ0v) is 10.5. The van der Waals surface area contributed by atoms with E-state index in [1.807, 2.05) is 5.32 Å². The highest BCUT2D eigenvalue weighted by Crippen LogP contribution is 2.22. The number of imide groups is 1. The Bertz CT molecular complexity index is 535. The van der Waals surface area contributed by atoms with Crippen LogP contribution in [0.5, 0.6) is 5.75 Å². The lowest BCUT2D eigenvalue weighted by atomic mass is 10.3. The lowest BCUT2D eigenvalue weighted by Crippen LogP contribution is -2.41. The van der Waals surface area contributed by atoms with Crippen LogP contribution in [0.4, 0.5) is 14.9 Å². The molecular weight excluding hydrogens is 273 g/mol. The number of hydrogen-bond donors (Lipinski definition) is 2. The summed E-state index contributed by atoms with van der Waals surface area (Å²) in [5.41, 5.74) is -0.429. The van der Waals surface area contributed by atoms with Crippen molar-refractivity contribution in [1.82, 2.24) is 10.6 Å². The van der Waals surface area contributed by atoms with Gasteiger partial charge in [0.1, 0.15) is 0 Å². The van der Waals surface area contributed by atoms with Crippen molar-refractivity contribution >= 4 is 17.6 Å². The number of benzene rings is 1. The predicted molar refractivity (Wildman–Crippen MR) is 65.8 cm³/mol. The van der Waals surface area contributed by atoms with Gasteiger partial charge in [-0.2, -0.15) is 0 Å². The molecule has 0 aliphatic heterocycles. The zero-order valence-electron chi connectivity index (χ0n) is 10.5. The number of ether oxygens (including phenoxy) is 1. The molecule has 0 aromatic heterocycles. The molecule has 1 aromatic rings. The van der Waals surface area contributed by atoms with Gasteiger partial charge in [-0.25, -0.2) is 9.18 Å². The molecule has 0 heterocycles. The first-order valence-electron chi connectivity index (χ1n) is 5.58. The highest BCUT2D eigenvalue weighted by molar-refractivity contribution is 5.94. The molecular formula is C11H12FN3O5. The van der Waals surface area contributed by atoms with E-state index in [4.69, 9.17) is 4.74 Å². The largest absolute Gasteiger partial charge is 0.481 e. The van der Waals surface area contributed by atoms with Crippen LogP contribution in [0.2, 0.25) is 0 Å². The number of amides is 3. The van der Waals surface area contributed by atoms with E-state index in [9.17, 15) is 24.1 Å². The minimum Gasteiger partial charge on any atom is -0.481 e. The molecule has 2 N–H and O–H groups in total. The lowest BCUT2D eigenvalue weighted by molar-refractivity contribution is -0.385. The Hall–Kier alpha value is -2.71. The minimum absolute atomic E-state index is 0.318. The van der Waals surface area contributed by atoms with E-state index in [1.165, 1.54) is 0 Å². The van der Waals surface area contributed by atoms with Crippen LogP contribution >= 0.6 is 0 Å². The van der Waals surface area contributed by atoms with Crippen LogP contribution < -0.4 is 15.4 Å². The highest BCUT2D eigenvalue weighted by atomic mass is 19.1. The fourth-order valence-corrected chi connectivity index (χ4v) is 1.23. The smallest absolute Gasteiger partial charge is 0.321 e. The number of nitrogens with zero attached hydrogens (tertiary/aromatic N) is 1. The molecule has 1 aromatic carbocycles. The molecule has 0 spiro atoms. The van der Waals surface area contributed by atoms with Crippen molar-refractivity contribution in [2.24, 2.45) is 0 Å². The average Bonchev–Trinajstić information content (AvgIpc) is 2.37. The van der Waals surface area contributed by atoms with Crippen LogP contribution in [0.25, 0.3) is 0 Å². The normalized spacial score (nSPS) is 9.70. The Kier molecular flexibility index (Phi) is 5.39. The topological polar surface area (TPSA) is 111 Å². The van der Waals surface area contributed by atoms with Crippen molar-refractivity contribution in [2.45, 2.75) is 6.92 Å². The van der Waals surface area contributed by atoms with Crippen LogP contribution in [0.1, 0.15) is 6.92 Å². The van der Waals surface area contributed by atoms with Gasteiger partial charge >= 0.3 is 6.03 Å². The molecule has 1 rings (SSSR count). The maximum Gasteiger partial charge on any atom is 0.321 e. The van der Waals surface area contributed by atoms with Gasteiger partial charge in [0.05, 0.1) is 11.0 Å². The molecule has 0 saturated carbocycles. The predicted octanol–water partition coefficient (Wildman–Crippen LogP) is 0.958. The van der Waals surface area contributed by atoms with Gasteiger partial charge in [0.15, 0.2) is 18.2 Å². The summed E-state index contributed by atoms with van der Waals surface area (Å²) in [6, 6.07) is 2.06. The first-order chi connectivity index (χ1) is 9.43. The van der Waals surface area contributed by atoms with Crippen LogP contribution in [-0.4, -0.2) is 30.0 Å². The van der Waals surface area contributed by atoms with Crippen molar-refractivity contribution in [3.63, 3.8) is 0 Å². The van der Waals surface area contributed by atoms with Crippen molar-refractivity contribution in [2.75, 3.05) is 13.2 Å². The van der Waals surface area contributed by atoms with Crippen LogP contribution in [0.15, 0.2) is 18.2 Å². The van der Waals surface area contributed by atoms with Crippen molar-refractivity contribution in [3.8, 4) is 5.75 Å². The summed E-state index contributed by atoms with van der Waals surface area (Å²) >= 11 is 0. The number of nitro benzene ring substituents is 1. The van der Waals surface area contributed by atoms with E-state index >= 15 is 0 Å². The van der Waals surface area contributed by atoms with Gasteiger partial charge < -0.3 is 10.1 Å². The van der Waals surface area contributed by atoms with Gasteiger partial charge in [-0.15, -0.1) is 0 Å². The monoisotopic (exact) mass is 285 g/mol. The molecule has 0 radical (unpaired) electrons. The molecule has 9 heteroatoms. The first kappa shape index (κ1) is 15.3. The molecule has 108 valence electrons. The quantitative estimate of drug-likeness (QED) is 0.618. The van der Waals surface area contributed by atoms with Crippen molar-refractivity contribution in [3.05, 3.63) is 34.1 Å². The SMILES string of the molecule is CCNC(=O)NC(=O)COc1ccc([N+](=O)[O-])cc1F. The molecule has 0 aliphatic rings. The van der Waals surface area contributed by atoms with E-state index < -0.39 is 35.0 Å². The molecule has 0 fully saturated rings. The average molecular weight is 285 g/mol. The minimum atomic E-state index is -0.968. The summed E-state index contributed by atoms with van der Waals surface area (Å²) in [5.74, 6) is -2.06. The second-order valence-electron chi connectivity index (χ2n) is 3.57. The van der Waals surface area contributed by atoms with E-state index in [1.54, 1.807) is 6.92 Å². The zero-order chi connectivity index (χ0) is 15.1. The Labute approximate surface area is 113 Å². The molecule has 0 saturated heterocycles. The maximum atomic E-state index is 13.4. The van der Waals surface area contributed by atoms with Gasteiger partial charge in [0.2, 0.25) is 0 Å². The Balaban J connectivity index is 2.55. The number of hydrogen-bond acceptors (Lipinski definition) is 5. The summed E-state index contributed by atoms with van der Waals surface area (Å²) in [6.07, 6.45) is 0. The first-order valence-corrected chi connectivity index (χ1v) is 5.58. The van der Waals surface area contributed by atoms with Crippen LogP contribution in [0, 0.1) is 15.9 Å². The number of nitrogens with one attached hydrogen (secondary N) is 2. The number of rotatable bonds is 5. The molecule has 20 heavy (non-hydrogen) atoms. The number of carbonyl (C=O) groups excluding carboxylic acids is 2. The Morgan fingerprint density at radius 1 is 1.45 bits per heavy atom. The second kappa shape index (κ2) is 7.02. The summed E-state index contributed by atoms with van der Waals surface area (Å²) < 4.78 is 18.2. The van der Waals surface area contributed by atoms with Crippen LogP contribution in [0.3, 0.4) is 0 Å². The molecule has 3 amide bonds. The summed E-state index contributed by atoms with van der Waals surface area (Å²) in [6.45, 7) is 1.43. The molecule has 0 aliphatic carbocycles. The number of non-ortho nitro benzene ring substituents is 1. The van der Waals surface area contributed by atoms with Crippen molar-refractivity contribution < 1.29 is 23.6 Å². The van der Waals surface area contributed by atoms with E-state index in [0.717, 1.165) is 12.1 Å². The second-order valence-corrected chi connectivity index (χ2v) is 3.57. The fraction of sp³-hybridized carbons (Fsp3) is 0.273. The molecule has 0 bridgehead atoms. The lowest BCUT2D eigenvalue weighted by Gasteiger charge is -2.07. The van der Waals surface area contributed by atoms with E-state index in [0.29, 0.717) is 12.6 Å². The molecule has 0 unspecified atom stereocenters. The van der Waals surface area contributed by atoms with Gasteiger partial charge in [0, 0.05) is 12.6 Å². The third-order valence-electron chi connectivity index (χ3n) is 2.08. The summed E-state index contributed by atoms with van der Waals surface area (Å²) in [5, 5.41) is 14.7. The molecule has 0 atom stereocenters. The Morgan fingerprint density at radius 2 is 2.15 bits per heavy atom. The van der Waals surface area contributed by atoms with Crippen LogP contribution in [-0.2, 0) is 4.79 Å². The van der Waals surface area contributed by atoms with Gasteiger partial charge in [-0.05, 0) is 13.0 Å². The van der Waals surface area contributed by atoms with E-state index in [2.05, 4.69) is 5.32 Å². The third kappa shape index (κ3) is 4.52. The third-order valence-corrected chi connectivity index (χ3v) is 2.08. The molecule has 8 nitrogen and oxygen atoms in total. The maximum absolute atomic E-state index is 13.4.